The van der Waals surface area contributed by atoms with Gasteiger partial charge < -0.3 is 25.4 Å². The fourth-order valence-corrected chi connectivity index (χ4v) is 3.12. The van der Waals surface area contributed by atoms with Gasteiger partial charge in [0.25, 0.3) is 0 Å². The van der Waals surface area contributed by atoms with Gasteiger partial charge >= 0.3 is 5.97 Å². The van der Waals surface area contributed by atoms with Gasteiger partial charge in [-0.15, -0.1) is 0 Å². The lowest BCUT2D eigenvalue weighted by molar-refractivity contribution is -0.175. The lowest BCUT2D eigenvalue weighted by atomic mass is 9.84. The van der Waals surface area contributed by atoms with E-state index in [4.69, 9.17) is 4.74 Å². The van der Waals surface area contributed by atoms with E-state index in [0.29, 0.717) is 25.9 Å². The van der Waals surface area contributed by atoms with E-state index < -0.39 is 23.4 Å². The van der Waals surface area contributed by atoms with Crippen molar-refractivity contribution in [3.05, 3.63) is 59.7 Å². The number of aromatic hydroxyl groups is 2. The third kappa shape index (κ3) is 3.60. The minimum absolute atomic E-state index is 0.164. The van der Waals surface area contributed by atoms with Crippen molar-refractivity contribution in [3.63, 3.8) is 0 Å². The second-order valence-corrected chi connectivity index (χ2v) is 6.18. The zero-order valence-electron chi connectivity index (χ0n) is 13.7. The number of hydrogen-bond donors (Lipinski definition) is 4. The third-order valence-electron chi connectivity index (χ3n) is 4.55. The quantitative estimate of drug-likeness (QED) is 0.500. The normalized spacial score (nSPS) is 17.6. The molecule has 0 spiro atoms. The van der Waals surface area contributed by atoms with Gasteiger partial charge in [0.15, 0.2) is 17.6 Å². The smallest absolute Gasteiger partial charge is 0.340 e. The molecule has 2 aromatic rings. The summed E-state index contributed by atoms with van der Waals surface area (Å²) in [5, 5.41) is 32.5. The summed E-state index contributed by atoms with van der Waals surface area (Å²) in [5.74, 6) is -1.50. The van der Waals surface area contributed by atoms with Gasteiger partial charge in [-0.05, 0) is 36.3 Å². The van der Waals surface area contributed by atoms with Crippen LogP contribution in [0.25, 0.3) is 0 Å². The number of carbonyl (C=O) groups excluding carboxylic acids is 1. The van der Waals surface area contributed by atoms with Gasteiger partial charge in [-0.3, -0.25) is 0 Å². The Labute approximate surface area is 145 Å². The molecule has 25 heavy (non-hydrogen) atoms. The molecule has 0 saturated carbocycles. The topological polar surface area (TPSA) is 99.0 Å². The fourth-order valence-electron chi connectivity index (χ4n) is 3.12. The number of ether oxygens (including phenoxy) is 1. The molecule has 1 atom stereocenters. The molecule has 1 aliphatic rings. The zero-order chi connectivity index (χ0) is 17.9. The van der Waals surface area contributed by atoms with E-state index in [-0.39, 0.29) is 11.3 Å². The molecule has 1 unspecified atom stereocenters. The van der Waals surface area contributed by atoms with Gasteiger partial charge in [-0.1, -0.05) is 36.4 Å². The molecule has 0 bridgehead atoms. The summed E-state index contributed by atoms with van der Waals surface area (Å²) in [6.07, 6.45) is -0.325. The van der Waals surface area contributed by atoms with Crippen LogP contribution in [0, 0.1) is 0 Å². The summed E-state index contributed by atoms with van der Waals surface area (Å²) in [6, 6.07) is 13.3. The summed E-state index contributed by atoms with van der Waals surface area (Å²) >= 11 is 0. The highest BCUT2D eigenvalue weighted by Crippen LogP contribution is 2.37. The summed E-state index contributed by atoms with van der Waals surface area (Å²) < 4.78 is 5.78. The van der Waals surface area contributed by atoms with Gasteiger partial charge in [0.1, 0.15) is 5.60 Å². The molecule has 6 heteroatoms. The van der Waals surface area contributed by atoms with Gasteiger partial charge in [0.2, 0.25) is 0 Å². The average molecular weight is 343 g/mol. The number of rotatable bonds is 4. The van der Waals surface area contributed by atoms with Gasteiger partial charge in [-0.2, -0.15) is 0 Å². The molecule has 3 rings (SSSR count). The zero-order valence-corrected chi connectivity index (χ0v) is 13.7. The van der Waals surface area contributed by atoms with Gasteiger partial charge in [0.05, 0.1) is 0 Å². The maximum Gasteiger partial charge on any atom is 0.340 e. The van der Waals surface area contributed by atoms with Gasteiger partial charge in [-0.25, -0.2) is 4.79 Å². The SMILES string of the molecule is O=C(OC1(c2ccccc2)CCNCC1)C(O)c1ccc(O)c(O)c1. The Morgan fingerprint density at radius 3 is 2.36 bits per heavy atom. The average Bonchev–Trinajstić information content (AvgIpc) is 2.65. The summed E-state index contributed by atoms with van der Waals surface area (Å²) in [5.41, 5.74) is 0.270. The van der Waals surface area contributed by atoms with E-state index in [1.54, 1.807) is 0 Å². The minimum Gasteiger partial charge on any atom is -0.504 e. The van der Waals surface area contributed by atoms with E-state index in [1.165, 1.54) is 12.1 Å². The van der Waals surface area contributed by atoms with Crippen LogP contribution in [0.4, 0.5) is 0 Å². The Morgan fingerprint density at radius 2 is 1.72 bits per heavy atom. The highest BCUT2D eigenvalue weighted by atomic mass is 16.6. The van der Waals surface area contributed by atoms with Crippen molar-refractivity contribution in [2.24, 2.45) is 0 Å². The number of esters is 1. The summed E-state index contributed by atoms with van der Waals surface area (Å²) in [6.45, 7) is 1.41. The lowest BCUT2D eigenvalue weighted by Gasteiger charge is -2.38. The van der Waals surface area contributed by atoms with Crippen LogP contribution in [0.1, 0.15) is 30.1 Å². The monoisotopic (exact) mass is 343 g/mol. The molecule has 132 valence electrons. The first-order chi connectivity index (χ1) is 12.0. The molecule has 2 aromatic carbocycles. The predicted octanol–water partition coefficient (Wildman–Crippen LogP) is 1.95. The maximum atomic E-state index is 12.5. The Kier molecular flexibility index (Phi) is 4.92. The number of aliphatic hydroxyl groups excluding tert-OH is 1. The largest absolute Gasteiger partial charge is 0.504 e. The predicted molar refractivity (Wildman–Crippen MR) is 91.0 cm³/mol. The second-order valence-electron chi connectivity index (χ2n) is 6.18. The van der Waals surface area contributed by atoms with Crippen LogP contribution in [0.3, 0.4) is 0 Å². The molecule has 1 aliphatic heterocycles. The molecule has 1 fully saturated rings. The van der Waals surface area contributed by atoms with Crippen LogP contribution in [-0.4, -0.2) is 34.4 Å². The number of nitrogens with one attached hydrogen (secondary N) is 1. The Hall–Kier alpha value is -2.57. The van der Waals surface area contributed by atoms with Crippen molar-refractivity contribution < 1.29 is 24.9 Å². The van der Waals surface area contributed by atoms with Crippen molar-refractivity contribution in [2.45, 2.75) is 24.5 Å². The van der Waals surface area contributed by atoms with E-state index in [1.807, 2.05) is 30.3 Å². The van der Waals surface area contributed by atoms with E-state index in [0.717, 1.165) is 11.6 Å². The van der Waals surface area contributed by atoms with Crippen molar-refractivity contribution in [1.29, 1.82) is 0 Å². The number of aliphatic hydroxyl groups is 1. The second kappa shape index (κ2) is 7.13. The van der Waals surface area contributed by atoms with Crippen molar-refractivity contribution in [1.82, 2.24) is 5.32 Å². The van der Waals surface area contributed by atoms with Crippen LogP contribution in [0.2, 0.25) is 0 Å². The van der Waals surface area contributed by atoms with Crippen LogP contribution >= 0.6 is 0 Å². The van der Waals surface area contributed by atoms with E-state index in [2.05, 4.69) is 5.32 Å². The first-order valence-electron chi connectivity index (χ1n) is 8.21. The first-order valence-corrected chi connectivity index (χ1v) is 8.21. The minimum atomic E-state index is -1.54. The highest BCUT2D eigenvalue weighted by molar-refractivity contribution is 5.77. The summed E-state index contributed by atoms with van der Waals surface area (Å²) in [4.78, 5) is 12.5. The maximum absolute atomic E-state index is 12.5. The van der Waals surface area contributed by atoms with Gasteiger partial charge in [0, 0.05) is 12.8 Å². The molecule has 1 saturated heterocycles. The standard InChI is InChI=1S/C19H21NO5/c21-15-7-6-13(12-16(15)22)17(23)18(24)25-19(8-10-20-11-9-19)14-4-2-1-3-5-14/h1-7,12,17,20-23H,8-11H2. The van der Waals surface area contributed by atoms with Crippen LogP contribution in [0.15, 0.2) is 48.5 Å². The molecule has 0 aliphatic carbocycles. The van der Waals surface area contributed by atoms with E-state index in [9.17, 15) is 20.1 Å². The lowest BCUT2D eigenvalue weighted by Crippen LogP contribution is -2.43. The van der Waals surface area contributed by atoms with Crippen LogP contribution < -0.4 is 5.32 Å². The summed E-state index contributed by atoms with van der Waals surface area (Å²) in [7, 11) is 0. The van der Waals surface area contributed by atoms with Crippen molar-refractivity contribution in [2.75, 3.05) is 13.1 Å². The highest BCUT2D eigenvalue weighted by Gasteiger charge is 2.39. The molecule has 0 radical (unpaired) electrons. The molecular formula is C19H21NO5. The number of carbonyl (C=O) groups is 1. The van der Waals surface area contributed by atoms with Crippen molar-refractivity contribution in [3.8, 4) is 11.5 Å². The molecule has 4 N–H and O–H groups in total. The molecule has 1 heterocycles. The molecule has 0 aromatic heterocycles. The number of piperidine rings is 1. The number of benzene rings is 2. The number of hydrogen-bond acceptors (Lipinski definition) is 6. The number of phenols is 2. The van der Waals surface area contributed by atoms with Crippen LogP contribution in [-0.2, 0) is 15.1 Å². The Morgan fingerprint density at radius 1 is 1.04 bits per heavy atom. The Balaban J connectivity index is 1.84. The fraction of sp³-hybridized carbons (Fsp3) is 0.316. The molecule has 0 amide bonds. The van der Waals surface area contributed by atoms with Crippen molar-refractivity contribution >= 4 is 5.97 Å². The molecule has 6 nitrogen and oxygen atoms in total. The molecular weight excluding hydrogens is 322 g/mol. The Bertz CT molecular complexity index is 741. The third-order valence-corrected chi connectivity index (χ3v) is 4.55. The number of phenolic OH excluding ortho intramolecular Hbond substituents is 2. The van der Waals surface area contributed by atoms with Crippen LogP contribution in [0.5, 0.6) is 11.5 Å². The first kappa shape index (κ1) is 17.3. The van der Waals surface area contributed by atoms with E-state index >= 15 is 0 Å².